The lowest BCUT2D eigenvalue weighted by Gasteiger charge is -2.20. The molecule has 0 spiro atoms. The molecule has 3 heteroatoms. The molecule has 0 rings (SSSR count). The SMILES string of the molecule is CCCCC(C)NCCC(=O)OC(C)(C)C. The van der Waals surface area contributed by atoms with Crippen LogP contribution in [0.5, 0.6) is 0 Å². The summed E-state index contributed by atoms with van der Waals surface area (Å²) in [6, 6.07) is 0.488. The van der Waals surface area contributed by atoms with Crippen LogP contribution in [0.4, 0.5) is 0 Å². The summed E-state index contributed by atoms with van der Waals surface area (Å²) in [6.45, 7) is 10.7. The Morgan fingerprint density at radius 2 is 2.00 bits per heavy atom. The van der Waals surface area contributed by atoms with Gasteiger partial charge in [0.25, 0.3) is 0 Å². The van der Waals surface area contributed by atoms with Crippen molar-refractivity contribution in [3.05, 3.63) is 0 Å². The molecule has 0 aromatic carbocycles. The number of hydrogen-bond acceptors (Lipinski definition) is 3. The highest BCUT2D eigenvalue weighted by molar-refractivity contribution is 5.70. The summed E-state index contributed by atoms with van der Waals surface area (Å²) in [4.78, 5) is 11.4. The molecule has 0 aliphatic rings. The van der Waals surface area contributed by atoms with Crippen molar-refractivity contribution in [2.45, 2.75) is 71.9 Å². The monoisotopic (exact) mass is 229 g/mol. The van der Waals surface area contributed by atoms with Crippen LogP contribution in [0.25, 0.3) is 0 Å². The van der Waals surface area contributed by atoms with Gasteiger partial charge in [-0.25, -0.2) is 0 Å². The molecular weight excluding hydrogens is 202 g/mol. The number of ether oxygens (including phenoxy) is 1. The summed E-state index contributed by atoms with van der Waals surface area (Å²) in [5.41, 5.74) is -0.370. The van der Waals surface area contributed by atoms with Gasteiger partial charge in [-0.05, 0) is 34.1 Å². The number of carbonyl (C=O) groups excluding carboxylic acids is 1. The van der Waals surface area contributed by atoms with Gasteiger partial charge in [-0.1, -0.05) is 19.8 Å². The van der Waals surface area contributed by atoms with E-state index in [9.17, 15) is 4.79 Å². The molecule has 0 bridgehead atoms. The van der Waals surface area contributed by atoms with Gasteiger partial charge >= 0.3 is 5.97 Å². The summed E-state index contributed by atoms with van der Waals surface area (Å²) in [5, 5.41) is 3.33. The summed E-state index contributed by atoms with van der Waals surface area (Å²) < 4.78 is 5.22. The molecule has 3 nitrogen and oxygen atoms in total. The van der Waals surface area contributed by atoms with Gasteiger partial charge in [0.15, 0.2) is 0 Å². The zero-order valence-electron chi connectivity index (χ0n) is 11.4. The lowest BCUT2D eigenvalue weighted by molar-refractivity contribution is -0.154. The summed E-state index contributed by atoms with van der Waals surface area (Å²) in [6.07, 6.45) is 4.08. The Bertz CT molecular complexity index is 197. The predicted molar refractivity (Wildman–Crippen MR) is 67.5 cm³/mol. The largest absolute Gasteiger partial charge is 0.460 e. The minimum absolute atomic E-state index is 0.123. The molecule has 0 aromatic heterocycles. The molecule has 16 heavy (non-hydrogen) atoms. The Morgan fingerprint density at radius 3 is 2.50 bits per heavy atom. The fraction of sp³-hybridized carbons (Fsp3) is 0.923. The van der Waals surface area contributed by atoms with Crippen LogP contribution in [0.2, 0.25) is 0 Å². The topological polar surface area (TPSA) is 38.3 Å². The van der Waals surface area contributed by atoms with Gasteiger partial charge in [-0.3, -0.25) is 4.79 Å². The molecule has 0 fully saturated rings. The van der Waals surface area contributed by atoms with Crippen molar-refractivity contribution in [3.8, 4) is 0 Å². The molecule has 0 heterocycles. The molecule has 0 aliphatic carbocycles. The highest BCUT2D eigenvalue weighted by Gasteiger charge is 2.15. The molecule has 0 amide bonds. The lowest BCUT2D eigenvalue weighted by Crippen LogP contribution is -2.30. The van der Waals surface area contributed by atoms with E-state index in [1.54, 1.807) is 0 Å². The number of hydrogen-bond donors (Lipinski definition) is 1. The van der Waals surface area contributed by atoms with E-state index in [0.717, 1.165) is 0 Å². The van der Waals surface area contributed by atoms with E-state index in [1.165, 1.54) is 19.3 Å². The maximum absolute atomic E-state index is 11.4. The fourth-order valence-corrected chi connectivity index (χ4v) is 1.43. The normalized spacial score (nSPS) is 13.6. The van der Waals surface area contributed by atoms with E-state index >= 15 is 0 Å². The van der Waals surface area contributed by atoms with Crippen LogP contribution in [0.3, 0.4) is 0 Å². The minimum Gasteiger partial charge on any atom is -0.460 e. The number of nitrogens with one attached hydrogen (secondary N) is 1. The average Bonchev–Trinajstić information content (AvgIpc) is 2.11. The van der Waals surface area contributed by atoms with Gasteiger partial charge in [0.1, 0.15) is 5.60 Å². The second kappa shape index (κ2) is 7.66. The second-order valence-electron chi connectivity index (χ2n) is 5.33. The smallest absolute Gasteiger partial charge is 0.307 e. The van der Waals surface area contributed by atoms with Crippen LogP contribution in [-0.4, -0.2) is 24.2 Å². The van der Waals surface area contributed by atoms with Crippen molar-refractivity contribution in [3.63, 3.8) is 0 Å². The van der Waals surface area contributed by atoms with Crippen LogP contribution in [0.15, 0.2) is 0 Å². The Hall–Kier alpha value is -0.570. The van der Waals surface area contributed by atoms with Gasteiger partial charge in [-0.2, -0.15) is 0 Å². The van der Waals surface area contributed by atoms with Gasteiger partial charge in [0.2, 0.25) is 0 Å². The second-order valence-corrected chi connectivity index (χ2v) is 5.33. The molecule has 1 unspecified atom stereocenters. The molecule has 0 saturated carbocycles. The van der Waals surface area contributed by atoms with Crippen molar-refractivity contribution in [1.82, 2.24) is 5.32 Å². The molecule has 1 N–H and O–H groups in total. The third-order valence-electron chi connectivity index (χ3n) is 2.23. The molecule has 0 aliphatic heterocycles. The van der Waals surface area contributed by atoms with Crippen molar-refractivity contribution < 1.29 is 9.53 Å². The first-order valence-electron chi connectivity index (χ1n) is 6.30. The van der Waals surface area contributed by atoms with E-state index in [4.69, 9.17) is 4.74 Å². The van der Waals surface area contributed by atoms with Crippen LogP contribution < -0.4 is 5.32 Å². The predicted octanol–water partition coefficient (Wildman–Crippen LogP) is 2.89. The maximum atomic E-state index is 11.4. The molecular formula is C13H27NO2. The third-order valence-corrected chi connectivity index (χ3v) is 2.23. The zero-order chi connectivity index (χ0) is 12.6. The Morgan fingerprint density at radius 1 is 1.38 bits per heavy atom. The van der Waals surface area contributed by atoms with Gasteiger partial charge in [-0.15, -0.1) is 0 Å². The number of unbranched alkanes of at least 4 members (excludes halogenated alkanes) is 1. The highest BCUT2D eigenvalue weighted by atomic mass is 16.6. The molecule has 0 saturated heterocycles. The van der Waals surface area contributed by atoms with Crippen molar-refractivity contribution in [2.24, 2.45) is 0 Å². The Labute approximate surface area is 99.9 Å². The van der Waals surface area contributed by atoms with E-state index in [-0.39, 0.29) is 11.6 Å². The molecule has 1 atom stereocenters. The van der Waals surface area contributed by atoms with E-state index in [0.29, 0.717) is 19.0 Å². The first-order valence-corrected chi connectivity index (χ1v) is 6.30. The maximum Gasteiger partial charge on any atom is 0.307 e. The average molecular weight is 229 g/mol. The minimum atomic E-state index is -0.370. The van der Waals surface area contributed by atoms with Crippen LogP contribution in [-0.2, 0) is 9.53 Å². The van der Waals surface area contributed by atoms with Gasteiger partial charge < -0.3 is 10.1 Å². The first kappa shape index (κ1) is 15.4. The van der Waals surface area contributed by atoms with Gasteiger partial charge in [0.05, 0.1) is 6.42 Å². The molecule has 0 radical (unpaired) electrons. The summed E-state index contributed by atoms with van der Waals surface area (Å²) in [5.74, 6) is -0.123. The number of rotatable bonds is 7. The van der Waals surface area contributed by atoms with Crippen molar-refractivity contribution in [1.29, 1.82) is 0 Å². The van der Waals surface area contributed by atoms with Crippen molar-refractivity contribution >= 4 is 5.97 Å². The van der Waals surface area contributed by atoms with Crippen LogP contribution in [0, 0.1) is 0 Å². The highest BCUT2D eigenvalue weighted by Crippen LogP contribution is 2.08. The standard InChI is InChI=1S/C13H27NO2/c1-6-7-8-11(2)14-10-9-12(15)16-13(3,4)5/h11,14H,6-10H2,1-5H3. The van der Waals surface area contributed by atoms with E-state index in [1.807, 2.05) is 20.8 Å². The fourth-order valence-electron chi connectivity index (χ4n) is 1.43. The Balaban J connectivity index is 3.54. The van der Waals surface area contributed by atoms with Gasteiger partial charge in [0, 0.05) is 12.6 Å². The Kier molecular flexibility index (Phi) is 7.39. The third kappa shape index (κ3) is 9.97. The molecule has 96 valence electrons. The quantitative estimate of drug-likeness (QED) is 0.682. The number of carbonyl (C=O) groups is 1. The summed E-state index contributed by atoms with van der Waals surface area (Å²) >= 11 is 0. The van der Waals surface area contributed by atoms with Crippen LogP contribution in [0.1, 0.15) is 60.3 Å². The van der Waals surface area contributed by atoms with E-state index < -0.39 is 0 Å². The number of esters is 1. The first-order chi connectivity index (χ1) is 7.35. The van der Waals surface area contributed by atoms with Crippen LogP contribution >= 0.6 is 0 Å². The lowest BCUT2D eigenvalue weighted by atomic mass is 10.1. The zero-order valence-corrected chi connectivity index (χ0v) is 11.4. The summed E-state index contributed by atoms with van der Waals surface area (Å²) in [7, 11) is 0. The van der Waals surface area contributed by atoms with Crippen molar-refractivity contribution in [2.75, 3.05) is 6.54 Å². The molecule has 0 aromatic rings. The van der Waals surface area contributed by atoms with E-state index in [2.05, 4.69) is 19.2 Å².